The fraction of sp³-hybridized carbons (Fsp3) is 0.200. The monoisotopic (exact) mass is 466 g/mol. The van der Waals surface area contributed by atoms with Crippen LogP contribution >= 0.6 is 0 Å². The van der Waals surface area contributed by atoms with Gasteiger partial charge in [0.05, 0.1) is 10.5 Å². The van der Waals surface area contributed by atoms with E-state index >= 15 is 0 Å². The lowest BCUT2D eigenvalue weighted by Crippen LogP contribution is -2.30. The summed E-state index contributed by atoms with van der Waals surface area (Å²) in [5.41, 5.74) is 2.85. The topological polar surface area (TPSA) is 116 Å². The molecule has 0 fully saturated rings. The molecule has 33 heavy (non-hydrogen) atoms. The van der Waals surface area contributed by atoms with Gasteiger partial charge in [-0.1, -0.05) is 66.7 Å². The highest BCUT2D eigenvalue weighted by Gasteiger charge is 2.18. The summed E-state index contributed by atoms with van der Waals surface area (Å²) in [4.78, 5) is 24.4. The summed E-state index contributed by atoms with van der Waals surface area (Å²) >= 11 is 0. The van der Waals surface area contributed by atoms with Gasteiger partial charge in [0, 0.05) is 12.5 Å². The number of nitrogens with two attached hydrogens (primary N) is 1. The Morgan fingerprint density at radius 3 is 2.06 bits per heavy atom. The van der Waals surface area contributed by atoms with E-state index in [9.17, 15) is 18.0 Å². The minimum Gasteiger partial charge on any atom is -0.452 e. The molecule has 0 bridgehead atoms. The first-order valence-corrected chi connectivity index (χ1v) is 12.0. The van der Waals surface area contributed by atoms with E-state index in [-0.39, 0.29) is 16.4 Å². The second-order valence-corrected chi connectivity index (χ2v) is 9.17. The quantitative estimate of drug-likeness (QED) is 0.470. The maximum atomic E-state index is 12.4. The molecule has 0 atom stereocenters. The van der Waals surface area contributed by atoms with Crippen molar-refractivity contribution in [1.29, 1.82) is 0 Å². The Bertz CT molecular complexity index is 1170. The molecule has 1 amide bonds. The van der Waals surface area contributed by atoms with Gasteiger partial charge < -0.3 is 10.1 Å². The highest BCUT2D eigenvalue weighted by Crippen LogP contribution is 2.27. The molecule has 7 nitrogen and oxygen atoms in total. The molecule has 3 N–H and O–H groups in total. The van der Waals surface area contributed by atoms with Crippen LogP contribution in [0.5, 0.6) is 0 Å². The number of nitrogens with one attached hydrogen (secondary N) is 1. The molecule has 0 heterocycles. The number of ether oxygens (including phenoxy) is 1. The largest absolute Gasteiger partial charge is 0.452 e. The molecule has 0 aliphatic heterocycles. The van der Waals surface area contributed by atoms with Gasteiger partial charge in [0.1, 0.15) is 0 Å². The van der Waals surface area contributed by atoms with Crippen molar-refractivity contribution in [2.24, 2.45) is 5.14 Å². The Balaban J connectivity index is 1.56. The smallest absolute Gasteiger partial charge is 0.338 e. The summed E-state index contributed by atoms with van der Waals surface area (Å²) < 4.78 is 28.1. The fourth-order valence-electron chi connectivity index (χ4n) is 3.51. The van der Waals surface area contributed by atoms with Gasteiger partial charge in [-0.3, -0.25) is 4.79 Å². The summed E-state index contributed by atoms with van der Waals surface area (Å²) in [7, 11) is -3.96. The van der Waals surface area contributed by atoms with Crippen LogP contribution in [0.3, 0.4) is 0 Å². The number of hydrogen-bond acceptors (Lipinski definition) is 5. The highest BCUT2D eigenvalue weighted by atomic mass is 32.2. The Hall–Kier alpha value is -3.49. The van der Waals surface area contributed by atoms with Crippen molar-refractivity contribution in [3.63, 3.8) is 0 Å². The van der Waals surface area contributed by atoms with Crippen molar-refractivity contribution in [1.82, 2.24) is 5.32 Å². The van der Waals surface area contributed by atoms with Crippen LogP contribution in [-0.2, 0) is 19.6 Å². The third kappa shape index (κ3) is 6.74. The van der Waals surface area contributed by atoms with Crippen LogP contribution in [0.1, 0.15) is 39.4 Å². The SMILES string of the molecule is Cc1ccc(S(N)(=O)=O)cc1C(=O)OCC(=O)NCCC(c1ccccc1)c1ccccc1. The molecule has 0 aliphatic rings. The Kier molecular flexibility index (Phi) is 7.97. The molecule has 3 aromatic carbocycles. The molecule has 0 aliphatic carbocycles. The number of primary sulfonamides is 1. The van der Waals surface area contributed by atoms with E-state index in [1.807, 2.05) is 36.4 Å². The number of benzene rings is 3. The molecular weight excluding hydrogens is 440 g/mol. The minimum atomic E-state index is -3.96. The molecule has 172 valence electrons. The van der Waals surface area contributed by atoms with Crippen molar-refractivity contribution < 1.29 is 22.7 Å². The van der Waals surface area contributed by atoms with Crippen LogP contribution in [0.2, 0.25) is 0 Å². The molecule has 8 heteroatoms. The van der Waals surface area contributed by atoms with Gasteiger partial charge in [-0.25, -0.2) is 18.4 Å². The van der Waals surface area contributed by atoms with Crippen molar-refractivity contribution in [2.75, 3.05) is 13.2 Å². The number of hydrogen-bond donors (Lipinski definition) is 2. The normalized spacial score (nSPS) is 11.2. The van der Waals surface area contributed by atoms with Crippen molar-refractivity contribution in [3.05, 3.63) is 101 Å². The van der Waals surface area contributed by atoms with E-state index in [2.05, 4.69) is 29.6 Å². The van der Waals surface area contributed by atoms with Gasteiger partial charge in [0.2, 0.25) is 10.0 Å². The summed E-state index contributed by atoms with van der Waals surface area (Å²) in [5.74, 6) is -1.12. The zero-order valence-corrected chi connectivity index (χ0v) is 19.0. The summed E-state index contributed by atoms with van der Waals surface area (Å²) in [6.07, 6.45) is 0.670. The predicted octanol–water partition coefficient (Wildman–Crippen LogP) is 3.14. The number of carbonyl (C=O) groups is 2. The first-order chi connectivity index (χ1) is 15.8. The van der Waals surface area contributed by atoms with E-state index < -0.39 is 28.5 Å². The molecular formula is C25H26N2O5S. The van der Waals surface area contributed by atoms with Gasteiger partial charge in [-0.15, -0.1) is 0 Å². The summed E-state index contributed by atoms with van der Waals surface area (Å²) in [5, 5.41) is 7.90. The average molecular weight is 467 g/mol. The molecule has 3 aromatic rings. The zero-order chi connectivity index (χ0) is 23.8. The number of aryl methyl sites for hydroxylation is 1. The molecule has 0 aromatic heterocycles. The number of amides is 1. The van der Waals surface area contributed by atoms with Gasteiger partial charge in [0.25, 0.3) is 5.91 Å². The first-order valence-electron chi connectivity index (χ1n) is 10.4. The van der Waals surface area contributed by atoms with Crippen molar-refractivity contribution in [3.8, 4) is 0 Å². The second-order valence-electron chi connectivity index (χ2n) is 7.61. The third-order valence-electron chi connectivity index (χ3n) is 5.25. The number of rotatable bonds is 9. The molecule has 0 saturated heterocycles. The van der Waals surface area contributed by atoms with Crippen LogP contribution in [-0.4, -0.2) is 33.4 Å². The van der Waals surface area contributed by atoms with E-state index in [0.29, 0.717) is 18.5 Å². The summed E-state index contributed by atoms with van der Waals surface area (Å²) in [6.45, 7) is 1.56. The molecule has 0 unspecified atom stereocenters. The molecule has 0 spiro atoms. The zero-order valence-electron chi connectivity index (χ0n) is 18.2. The lowest BCUT2D eigenvalue weighted by atomic mass is 9.88. The fourth-order valence-corrected chi connectivity index (χ4v) is 4.05. The number of sulfonamides is 1. The van der Waals surface area contributed by atoms with Crippen LogP contribution in [0.4, 0.5) is 0 Å². The third-order valence-corrected chi connectivity index (χ3v) is 6.16. The maximum Gasteiger partial charge on any atom is 0.338 e. The highest BCUT2D eigenvalue weighted by molar-refractivity contribution is 7.89. The Labute approximate surface area is 193 Å². The van der Waals surface area contributed by atoms with E-state index in [1.165, 1.54) is 12.1 Å². The van der Waals surface area contributed by atoms with E-state index in [1.54, 1.807) is 6.92 Å². The van der Waals surface area contributed by atoms with Crippen molar-refractivity contribution >= 4 is 21.9 Å². The average Bonchev–Trinajstić information content (AvgIpc) is 2.81. The van der Waals surface area contributed by atoms with Crippen molar-refractivity contribution in [2.45, 2.75) is 24.2 Å². The van der Waals surface area contributed by atoms with Gasteiger partial charge in [-0.05, 0) is 42.2 Å². The van der Waals surface area contributed by atoms with Crippen LogP contribution in [0.25, 0.3) is 0 Å². The van der Waals surface area contributed by atoms with Crippen LogP contribution in [0.15, 0.2) is 83.8 Å². The Morgan fingerprint density at radius 1 is 0.939 bits per heavy atom. The summed E-state index contributed by atoms with van der Waals surface area (Å²) in [6, 6.07) is 24.0. The standard InChI is InChI=1S/C25H26N2O5S/c1-18-12-13-21(33(26,30)31)16-23(18)25(29)32-17-24(28)27-15-14-22(19-8-4-2-5-9-19)20-10-6-3-7-11-20/h2-13,16,22H,14-15,17H2,1H3,(H,27,28)(H2,26,30,31). The number of carbonyl (C=O) groups excluding carboxylic acids is 2. The second kappa shape index (κ2) is 10.9. The van der Waals surface area contributed by atoms with Crippen LogP contribution in [0, 0.1) is 6.92 Å². The van der Waals surface area contributed by atoms with E-state index in [4.69, 9.17) is 9.88 Å². The lowest BCUT2D eigenvalue weighted by molar-refractivity contribution is -0.124. The Morgan fingerprint density at radius 2 is 1.52 bits per heavy atom. The van der Waals surface area contributed by atoms with Gasteiger partial charge in [0.15, 0.2) is 6.61 Å². The van der Waals surface area contributed by atoms with Gasteiger partial charge in [-0.2, -0.15) is 0 Å². The van der Waals surface area contributed by atoms with Crippen LogP contribution < -0.4 is 10.5 Å². The number of esters is 1. The molecule has 0 saturated carbocycles. The van der Waals surface area contributed by atoms with E-state index in [0.717, 1.165) is 17.2 Å². The minimum absolute atomic E-state index is 0.0440. The molecule has 0 radical (unpaired) electrons. The maximum absolute atomic E-state index is 12.4. The predicted molar refractivity (Wildman–Crippen MR) is 125 cm³/mol. The first kappa shape index (κ1) is 24.2. The van der Waals surface area contributed by atoms with Gasteiger partial charge >= 0.3 is 5.97 Å². The lowest BCUT2D eigenvalue weighted by Gasteiger charge is -2.18. The molecule has 3 rings (SSSR count).